The number of allylic oxidation sites excluding steroid dienone is 3. The minimum atomic E-state index is -0.253. The van der Waals surface area contributed by atoms with Gasteiger partial charge in [-0.2, -0.15) is 0 Å². The SMILES string of the molecule is CC12CCC(O)C=C1C=CC1C2CCC2(C)C(O)CCC12. The van der Waals surface area contributed by atoms with Gasteiger partial charge in [0.05, 0.1) is 12.2 Å². The van der Waals surface area contributed by atoms with Gasteiger partial charge in [0.15, 0.2) is 0 Å². The van der Waals surface area contributed by atoms with Gasteiger partial charge in [-0.1, -0.05) is 32.1 Å². The molecule has 21 heavy (non-hydrogen) atoms. The standard InChI is InChI=1S/C19H28O2/c1-18-9-7-13(20)11-12(18)3-4-14-15-5-6-17(21)19(15,2)10-8-16(14)18/h3-4,11,13-17,20-21H,5-10H2,1-2H3. The molecule has 0 aliphatic heterocycles. The predicted octanol–water partition coefficient (Wildman–Crippen LogP) is 3.45. The van der Waals surface area contributed by atoms with E-state index >= 15 is 0 Å². The van der Waals surface area contributed by atoms with Crippen LogP contribution in [0.4, 0.5) is 0 Å². The fraction of sp³-hybridized carbons (Fsp3) is 0.789. The Morgan fingerprint density at radius 3 is 2.62 bits per heavy atom. The summed E-state index contributed by atoms with van der Waals surface area (Å²) in [6, 6.07) is 0. The molecule has 2 saturated carbocycles. The molecule has 0 aromatic carbocycles. The van der Waals surface area contributed by atoms with Gasteiger partial charge < -0.3 is 10.2 Å². The fourth-order valence-electron chi connectivity index (χ4n) is 6.11. The molecule has 2 heteroatoms. The third-order valence-corrected chi connectivity index (χ3v) is 7.59. The zero-order chi connectivity index (χ0) is 14.8. The normalized spacial score (nSPS) is 55.4. The highest BCUT2D eigenvalue weighted by Gasteiger charge is 2.57. The maximum absolute atomic E-state index is 10.4. The van der Waals surface area contributed by atoms with Gasteiger partial charge in [0.25, 0.3) is 0 Å². The van der Waals surface area contributed by atoms with Crippen molar-refractivity contribution in [2.45, 2.75) is 64.6 Å². The third kappa shape index (κ3) is 1.78. The van der Waals surface area contributed by atoms with Crippen LogP contribution in [-0.2, 0) is 0 Å². The number of aliphatic hydroxyl groups is 2. The summed E-state index contributed by atoms with van der Waals surface area (Å²) in [5.41, 5.74) is 1.75. The van der Waals surface area contributed by atoms with Crippen LogP contribution >= 0.6 is 0 Å². The molecule has 0 radical (unpaired) electrons. The van der Waals surface area contributed by atoms with Crippen LogP contribution in [0.15, 0.2) is 23.8 Å². The monoisotopic (exact) mass is 288 g/mol. The molecule has 7 unspecified atom stereocenters. The summed E-state index contributed by atoms with van der Waals surface area (Å²) in [6.07, 6.45) is 13.0. The zero-order valence-electron chi connectivity index (χ0n) is 13.3. The molecule has 0 aromatic heterocycles. The van der Waals surface area contributed by atoms with E-state index in [1.165, 1.54) is 24.8 Å². The second-order valence-electron chi connectivity index (χ2n) is 8.43. The first-order valence-corrected chi connectivity index (χ1v) is 8.72. The summed E-state index contributed by atoms with van der Waals surface area (Å²) in [5, 5.41) is 20.4. The van der Waals surface area contributed by atoms with Gasteiger partial charge in [0.2, 0.25) is 0 Å². The van der Waals surface area contributed by atoms with E-state index in [-0.39, 0.29) is 23.0 Å². The summed E-state index contributed by atoms with van der Waals surface area (Å²) in [7, 11) is 0. The van der Waals surface area contributed by atoms with Crippen molar-refractivity contribution in [3.63, 3.8) is 0 Å². The summed E-state index contributed by atoms with van der Waals surface area (Å²) in [6.45, 7) is 4.73. The van der Waals surface area contributed by atoms with Crippen LogP contribution in [0, 0.1) is 28.6 Å². The fourth-order valence-corrected chi connectivity index (χ4v) is 6.11. The Bertz CT molecular complexity index is 508. The molecule has 2 nitrogen and oxygen atoms in total. The first-order chi connectivity index (χ1) is 9.95. The molecular weight excluding hydrogens is 260 g/mol. The van der Waals surface area contributed by atoms with E-state index in [9.17, 15) is 10.2 Å². The van der Waals surface area contributed by atoms with Gasteiger partial charge >= 0.3 is 0 Å². The van der Waals surface area contributed by atoms with E-state index in [1.54, 1.807) is 0 Å². The van der Waals surface area contributed by atoms with Crippen LogP contribution in [0.1, 0.15) is 52.4 Å². The summed E-state index contributed by atoms with van der Waals surface area (Å²) >= 11 is 0. The molecular formula is C19H28O2. The minimum absolute atomic E-state index is 0.102. The van der Waals surface area contributed by atoms with Gasteiger partial charge in [0.1, 0.15) is 0 Å². The quantitative estimate of drug-likeness (QED) is 0.717. The molecule has 0 amide bonds. The Kier molecular flexibility index (Phi) is 2.97. The lowest BCUT2D eigenvalue weighted by molar-refractivity contribution is -0.0496. The number of hydrogen-bond acceptors (Lipinski definition) is 2. The van der Waals surface area contributed by atoms with Crippen LogP contribution in [0.25, 0.3) is 0 Å². The Labute approximate surface area is 127 Å². The highest BCUT2D eigenvalue weighted by Crippen LogP contribution is 2.63. The summed E-state index contributed by atoms with van der Waals surface area (Å²) in [5.74, 6) is 1.97. The number of hydrogen-bond donors (Lipinski definition) is 2. The lowest BCUT2D eigenvalue weighted by Gasteiger charge is -2.55. The average Bonchev–Trinajstić information content (AvgIpc) is 2.76. The second kappa shape index (κ2) is 4.45. The maximum atomic E-state index is 10.4. The Hall–Kier alpha value is -0.600. The van der Waals surface area contributed by atoms with Crippen LogP contribution in [0.2, 0.25) is 0 Å². The lowest BCUT2D eigenvalue weighted by atomic mass is 9.49. The molecule has 0 heterocycles. The van der Waals surface area contributed by atoms with Gasteiger partial charge in [0, 0.05) is 0 Å². The van der Waals surface area contributed by atoms with Gasteiger partial charge in [-0.05, 0) is 72.7 Å². The molecule has 0 bridgehead atoms. The number of aliphatic hydroxyl groups excluding tert-OH is 2. The van der Waals surface area contributed by atoms with E-state index in [0.717, 1.165) is 19.3 Å². The van der Waals surface area contributed by atoms with Crippen LogP contribution in [0.3, 0.4) is 0 Å². The van der Waals surface area contributed by atoms with Crippen molar-refractivity contribution in [3.05, 3.63) is 23.8 Å². The average molecular weight is 288 g/mol. The molecule has 2 N–H and O–H groups in total. The molecule has 116 valence electrons. The van der Waals surface area contributed by atoms with Gasteiger partial charge in [-0.25, -0.2) is 0 Å². The second-order valence-corrected chi connectivity index (χ2v) is 8.43. The molecule has 4 aliphatic rings. The maximum Gasteiger partial charge on any atom is 0.0727 e. The van der Waals surface area contributed by atoms with Crippen LogP contribution < -0.4 is 0 Å². The largest absolute Gasteiger partial charge is 0.393 e. The van der Waals surface area contributed by atoms with Crippen molar-refractivity contribution in [1.29, 1.82) is 0 Å². The zero-order valence-corrected chi connectivity index (χ0v) is 13.3. The molecule has 0 saturated heterocycles. The first kappa shape index (κ1) is 14.0. The van der Waals surface area contributed by atoms with Crippen molar-refractivity contribution in [2.75, 3.05) is 0 Å². The Balaban J connectivity index is 1.73. The van der Waals surface area contributed by atoms with Crippen LogP contribution in [-0.4, -0.2) is 22.4 Å². The van der Waals surface area contributed by atoms with E-state index in [0.29, 0.717) is 17.8 Å². The van der Waals surface area contributed by atoms with Crippen LogP contribution in [0.5, 0.6) is 0 Å². The lowest BCUT2D eigenvalue weighted by Crippen LogP contribution is -2.49. The first-order valence-electron chi connectivity index (χ1n) is 8.72. The van der Waals surface area contributed by atoms with Gasteiger partial charge in [-0.15, -0.1) is 0 Å². The summed E-state index contributed by atoms with van der Waals surface area (Å²) < 4.78 is 0. The third-order valence-electron chi connectivity index (χ3n) is 7.59. The van der Waals surface area contributed by atoms with Crippen molar-refractivity contribution in [3.8, 4) is 0 Å². The molecule has 7 atom stereocenters. The molecule has 4 aliphatic carbocycles. The molecule has 0 aromatic rings. The van der Waals surface area contributed by atoms with Gasteiger partial charge in [-0.3, -0.25) is 0 Å². The minimum Gasteiger partial charge on any atom is -0.393 e. The van der Waals surface area contributed by atoms with Crippen molar-refractivity contribution >= 4 is 0 Å². The molecule has 0 spiro atoms. The topological polar surface area (TPSA) is 40.5 Å². The van der Waals surface area contributed by atoms with E-state index < -0.39 is 0 Å². The van der Waals surface area contributed by atoms with Crippen molar-refractivity contribution in [1.82, 2.24) is 0 Å². The number of fused-ring (bicyclic) bond motifs is 5. The van der Waals surface area contributed by atoms with Crippen molar-refractivity contribution in [2.24, 2.45) is 28.6 Å². The van der Waals surface area contributed by atoms with E-state index in [1.807, 2.05) is 0 Å². The summed E-state index contributed by atoms with van der Waals surface area (Å²) in [4.78, 5) is 0. The van der Waals surface area contributed by atoms with Crippen molar-refractivity contribution < 1.29 is 10.2 Å². The Morgan fingerprint density at radius 1 is 1.00 bits per heavy atom. The highest BCUT2D eigenvalue weighted by atomic mass is 16.3. The smallest absolute Gasteiger partial charge is 0.0727 e. The Morgan fingerprint density at radius 2 is 1.81 bits per heavy atom. The highest BCUT2D eigenvalue weighted by molar-refractivity contribution is 5.36. The number of rotatable bonds is 0. The molecule has 2 fully saturated rings. The van der Waals surface area contributed by atoms with E-state index in [2.05, 4.69) is 32.1 Å². The van der Waals surface area contributed by atoms with E-state index in [4.69, 9.17) is 0 Å². The molecule has 4 rings (SSSR count). The predicted molar refractivity (Wildman–Crippen MR) is 83.6 cm³/mol.